The van der Waals surface area contributed by atoms with Crippen LogP contribution in [0.15, 0.2) is 45.9 Å². The molecule has 0 atom stereocenters. The van der Waals surface area contributed by atoms with Gasteiger partial charge in [-0.05, 0) is 29.8 Å². The van der Waals surface area contributed by atoms with Crippen molar-refractivity contribution in [2.45, 2.75) is 4.90 Å². The molecule has 0 aliphatic carbocycles. The third-order valence-electron chi connectivity index (χ3n) is 2.40. The molecule has 0 aliphatic heterocycles. The first kappa shape index (κ1) is 13.6. The van der Waals surface area contributed by atoms with Crippen molar-refractivity contribution < 1.29 is 17.6 Å². The highest BCUT2D eigenvalue weighted by Gasteiger charge is 2.17. The van der Waals surface area contributed by atoms with Crippen LogP contribution in [0.4, 0.5) is 5.69 Å². The predicted molar refractivity (Wildman–Crippen MR) is 71.2 cm³/mol. The Balaban J connectivity index is 2.35. The SMILES string of the molecule is CS(=O)(=O)c1ccccc1NC(=O)c1ccoc1Cl. The molecule has 0 bridgehead atoms. The summed E-state index contributed by atoms with van der Waals surface area (Å²) in [5, 5.41) is 2.45. The van der Waals surface area contributed by atoms with E-state index in [0.717, 1.165) is 6.26 Å². The minimum absolute atomic E-state index is 0.0444. The topological polar surface area (TPSA) is 76.4 Å². The smallest absolute Gasteiger partial charge is 0.260 e. The molecule has 5 nitrogen and oxygen atoms in total. The number of sulfone groups is 1. The van der Waals surface area contributed by atoms with Crippen LogP contribution in [0.2, 0.25) is 5.22 Å². The summed E-state index contributed by atoms with van der Waals surface area (Å²) in [5.41, 5.74) is 0.345. The van der Waals surface area contributed by atoms with Crippen LogP contribution in [0, 0.1) is 0 Å². The second kappa shape index (κ2) is 5.07. The first-order valence-electron chi connectivity index (χ1n) is 5.23. The van der Waals surface area contributed by atoms with E-state index in [1.54, 1.807) is 12.1 Å². The number of carbonyl (C=O) groups excluding carboxylic acids is 1. The van der Waals surface area contributed by atoms with Crippen LogP contribution >= 0.6 is 11.6 Å². The maximum atomic E-state index is 11.9. The van der Waals surface area contributed by atoms with Gasteiger partial charge in [0.2, 0.25) is 5.22 Å². The molecule has 0 fully saturated rings. The van der Waals surface area contributed by atoms with Crippen LogP contribution in [0.5, 0.6) is 0 Å². The number of hydrogen-bond donors (Lipinski definition) is 1. The van der Waals surface area contributed by atoms with Gasteiger partial charge in [0, 0.05) is 6.26 Å². The van der Waals surface area contributed by atoms with Crippen molar-refractivity contribution in [3.05, 3.63) is 47.4 Å². The Morgan fingerprint density at radius 2 is 1.95 bits per heavy atom. The molecule has 0 unspecified atom stereocenters. The summed E-state index contributed by atoms with van der Waals surface area (Å²) in [4.78, 5) is 12.0. The van der Waals surface area contributed by atoms with Crippen molar-refractivity contribution in [2.24, 2.45) is 0 Å². The quantitative estimate of drug-likeness (QED) is 0.945. The number of para-hydroxylation sites is 1. The standard InChI is InChI=1S/C12H10ClNO4S/c1-19(16,17)10-5-3-2-4-9(10)14-12(15)8-6-7-18-11(8)13/h2-7H,1H3,(H,14,15). The van der Waals surface area contributed by atoms with Gasteiger partial charge in [0.05, 0.1) is 22.4 Å². The van der Waals surface area contributed by atoms with E-state index in [-0.39, 0.29) is 21.4 Å². The highest BCUT2D eigenvalue weighted by Crippen LogP contribution is 2.23. The van der Waals surface area contributed by atoms with Crippen molar-refractivity contribution in [1.82, 2.24) is 0 Å². The second-order valence-electron chi connectivity index (χ2n) is 3.83. The molecule has 1 heterocycles. The maximum absolute atomic E-state index is 11.9. The van der Waals surface area contributed by atoms with Crippen LogP contribution in [0.3, 0.4) is 0 Å². The molecule has 2 rings (SSSR count). The number of anilines is 1. The van der Waals surface area contributed by atoms with Crippen molar-refractivity contribution >= 4 is 33.0 Å². The molecule has 1 N–H and O–H groups in total. The molecule has 0 aliphatic rings. The van der Waals surface area contributed by atoms with E-state index in [1.807, 2.05) is 0 Å². The zero-order valence-corrected chi connectivity index (χ0v) is 11.5. The van der Waals surface area contributed by atoms with Gasteiger partial charge in [0.15, 0.2) is 9.84 Å². The number of carbonyl (C=O) groups is 1. The van der Waals surface area contributed by atoms with Crippen LogP contribution in [0.25, 0.3) is 0 Å². The lowest BCUT2D eigenvalue weighted by atomic mass is 10.3. The van der Waals surface area contributed by atoms with E-state index in [1.165, 1.54) is 24.5 Å². The lowest BCUT2D eigenvalue weighted by Gasteiger charge is -2.08. The monoisotopic (exact) mass is 299 g/mol. The summed E-state index contributed by atoms with van der Waals surface area (Å²) in [5.74, 6) is -0.533. The lowest BCUT2D eigenvalue weighted by molar-refractivity contribution is 0.102. The first-order chi connectivity index (χ1) is 8.89. The Kier molecular flexibility index (Phi) is 3.64. The molecule has 0 radical (unpaired) electrons. The molecule has 0 saturated heterocycles. The number of halogens is 1. The van der Waals surface area contributed by atoms with Gasteiger partial charge in [-0.2, -0.15) is 0 Å². The summed E-state index contributed by atoms with van der Waals surface area (Å²) >= 11 is 5.68. The van der Waals surface area contributed by atoms with Gasteiger partial charge in [-0.25, -0.2) is 8.42 Å². The largest absolute Gasteiger partial charge is 0.452 e. The number of amides is 1. The fraction of sp³-hybridized carbons (Fsp3) is 0.0833. The minimum atomic E-state index is -3.43. The highest BCUT2D eigenvalue weighted by molar-refractivity contribution is 7.90. The number of furan rings is 1. The van der Waals surface area contributed by atoms with Gasteiger partial charge < -0.3 is 9.73 Å². The van der Waals surface area contributed by atoms with E-state index in [0.29, 0.717) is 0 Å². The van der Waals surface area contributed by atoms with Gasteiger partial charge in [0.25, 0.3) is 5.91 Å². The van der Waals surface area contributed by atoms with Crippen molar-refractivity contribution in [3.63, 3.8) is 0 Å². The van der Waals surface area contributed by atoms with Crippen LogP contribution < -0.4 is 5.32 Å². The molecule has 100 valence electrons. The van der Waals surface area contributed by atoms with Crippen LogP contribution in [0.1, 0.15) is 10.4 Å². The average molecular weight is 300 g/mol. The number of hydrogen-bond acceptors (Lipinski definition) is 4. The van der Waals surface area contributed by atoms with E-state index in [2.05, 4.69) is 5.32 Å². The number of nitrogens with one attached hydrogen (secondary N) is 1. The molecule has 1 amide bonds. The molecule has 19 heavy (non-hydrogen) atoms. The number of rotatable bonds is 3. The third kappa shape index (κ3) is 2.97. The Labute approximate surface area is 115 Å². The van der Waals surface area contributed by atoms with Gasteiger partial charge in [-0.15, -0.1) is 0 Å². The Bertz CT molecular complexity index is 721. The van der Waals surface area contributed by atoms with E-state index in [4.69, 9.17) is 16.0 Å². The van der Waals surface area contributed by atoms with Crippen LogP contribution in [-0.4, -0.2) is 20.6 Å². The van der Waals surface area contributed by atoms with Crippen LogP contribution in [-0.2, 0) is 9.84 Å². The second-order valence-corrected chi connectivity index (χ2v) is 6.16. The van der Waals surface area contributed by atoms with Crippen molar-refractivity contribution in [1.29, 1.82) is 0 Å². The molecule has 1 aromatic heterocycles. The fourth-order valence-corrected chi connectivity index (χ4v) is 2.58. The molecular weight excluding hydrogens is 290 g/mol. The molecule has 7 heteroatoms. The zero-order valence-electron chi connectivity index (χ0n) is 9.88. The maximum Gasteiger partial charge on any atom is 0.260 e. The fourth-order valence-electron chi connectivity index (χ4n) is 1.54. The highest BCUT2D eigenvalue weighted by atomic mass is 35.5. The predicted octanol–water partition coefficient (Wildman–Crippen LogP) is 2.59. The normalized spacial score (nSPS) is 11.3. The summed E-state index contributed by atoms with van der Waals surface area (Å²) in [6.07, 6.45) is 2.35. The summed E-state index contributed by atoms with van der Waals surface area (Å²) in [7, 11) is -3.43. The van der Waals surface area contributed by atoms with Gasteiger partial charge in [-0.3, -0.25) is 4.79 Å². The Morgan fingerprint density at radius 1 is 1.26 bits per heavy atom. The first-order valence-corrected chi connectivity index (χ1v) is 7.50. The zero-order chi connectivity index (χ0) is 14.0. The molecule has 0 saturated carbocycles. The summed E-state index contributed by atoms with van der Waals surface area (Å²) in [6, 6.07) is 7.53. The third-order valence-corrected chi connectivity index (χ3v) is 3.84. The average Bonchev–Trinajstić information content (AvgIpc) is 2.75. The van der Waals surface area contributed by atoms with Crippen molar-refractivity contribution in [3.8, 4) is 0 Å². The van der Waals surface area contributed by atoms with Gasteiger partial charge in [0.1, 0.15) is 0 Å². The lowest BCUT2D eigenvalue weighted by Crippen LogP contribution is -2.14. The molecule has 0 spiro atoms. The van der Waals surface area contributed by atoms with E-state index < -0.39 is 15.7 Å². The minimum Gasteiger partial charge on any atom is -0.452 e. The van der Waals surface area contributed by atoms with Gasteiger partial charge >= 0.3 is 0 Å². The molecular formula is C12H10ClNO4S. The molecule has 2 aromatic rings. The summed E-state index contributed by atoms with van der Waals surface area (Å²) < 4.78 is 28.0. The Hall–Kier alpha value is -1.79. The van der Waals surface area contributed by atoms with Crippen molar-refractivity contribution in [2.75, 3.05) is 11.6 Å². The van der Waals surface area contributed by atoms with E-state index >= 15 is 0 Å². The van der Waals surface area contributed by atoms with Gasteiger partial charge in [-0.1, -0.05) is 12.1 Å². The summed E-state index contributed by atoms with van der Waals surface area (Å²) in [6.45, 7) is 0. The molecule has 1 aromatic carbocycles. The van der Waals surface area contributed by atoms with E-state index in [9.17, 15) is 13.2 Å². The number of benzene rings is 1. The Morgan fingerprint density at radius 3 is 2.53 bits per heavy atom.